The molecule has 0 saturated heterocycles. The van der Waals surface area contributed by atoms with Gasteiger partial charge in [-0.2, -0.15) is 13.2 Å². The lowest BCUT2D eigenvalue weighted by Crippen LogP contribution is -2.30. The summed E-state index contributed by atoms with van der Waals surface area (Å²) in [5, 5.41) is 17.5. The fourth-order valence-electron chi connectivity index (χ4n) is 1.70. The Morgan fingerprint density at radius 3 is 2.47 bits per heavy atom. The zero-order valence-corrected chi connectivity index (χ0v) is 11.5. The third kappa shape index (κ3) is 3.42. The summed E-state index contributed by atoms with van der Waals surface area (Å²) >= 11 is 0.908. The summed E-state index contributed by atoms with van der Waals surface area (Å²) in [5.74, 6) is 0.522. The monoisotopic (exact) mass is 295 g/mol. The van der Waals surface area contributed by atoms with E-state index in [9.17, 15) is 13.2 Å². The van der Waals surface area contributed by atoms with E-state index in [0.29, 0.717) is 11.2 Å². The molecule has 8 heteroatoms. The minimum Gasteiger partial charge on any atom is -0.383 e. The first-order valence-corrected chi connectivity index (χ1v) is 7.11. The Kier molecular flexibility index (Phi) is 4.10. The lowest BCUT2D eigenvalue weighted by Gasteiger charge is -2.14. The molecule has 1 saturated carbocycles. The molecule has 1 aromatic rings. The molecule has 2 rings (SSSR count). The first-order valence-electron chi connectivity index (χ1n) is 6.13. The van der Waals surface area contributed by atoms with Gasteiger partial charge in [0.2, 0.25) is 0 Å². The van der Waals surface area contributed by atoms with Crippen molar-refractivity contribution in [1.29, 1.82) is 0 Å². The lowest BCUT2D eigenvalue weighted by molar-refractivity contribution is -0.195. The van der Waals surface area contributed by atoms with Crippen LogP contribution in [0.15, 0.2) is 5.16 Å². The average Bonchev–Trinajstić information content (AvgIpc) is 3.04. The zero-order chi connectivity index (χ0) is 14.2. The normalized spacial score (nSPS) is 18.1. The van der Waals surface area contributed by atoms with Gasteiger partial charge in [-0.05, 0) is 12.8 Å². The SMILES string of the molecule is CC(C)c1nnc(SCC(O)C(F)(F)F)n1C1CC1. The Morgan fingerprint density at radius 2 is 2.00 bits per heavy atom. The van der Waals surface area contributed by atoms with Crippen LogP contribution in [0.4, 0.5) is 13.2 Å². The number of rotatable bonds is 5. The van der Waals surface area contributed by atoms with Gasteiger partial charge in [-0.3, -0.25) is 0 Å². The van der Waals surface area contributed by atoms with Gasteiger partial charge in [-0.15, -0.1) is 10.2 Å². The van der Waals surface area contributed by atoms with E-state index in [4.69, 9.17) is 5.11 Å². The maximum absolute atomic E-state index is 12.3. The molecule has 1 unspecified atom stereocenters. The van der Waals surface area contributed by atoms with Crippen molar-refractivity contribution in [2.45, 2.75) is 56.1 Å². The Labute approximate surface area is 113 Å². The first-order chi connectivity index (χ1) is 8.80. The van der Waals surface area contributed by atoms with Gasteiger partial charge >= 0.3 is 6.18 Å². The second-order valence-corrected chi connectivity index (χ2v) is 5.95. The number of nitrogens with zero attached hydrogens (tertiary/aromatic N) is 3. The summed E-state index contributed by atoms with van der Waals surface area (Å²) in [4.78, 5) is 0. The Morgan fingerprint density at radius 1 is 1.37 bits per heavy atom. The number of aliphatic hydroxyl groups is 1. The fraction of sp³-hybridized carbons (Fsp3) is 0.818. The number of thioether (sulfide) groups is 1. The summed E-state index contributed by atoms with van der Waals surface area (Å²) in [6, 6.07) is 0.304. The summed E-state index contributed by atoms with van der Waals surface area (Å²) in [5.41, 5.74) is 0. The summed E-state index contributed by atoms with van der Waals surface area (Å²) < 4.78 is 38.7. The van der Waals surface area contributed by atoms with E-state index < -0.39 is 18.0 Å². The van der Waals surface area contributed by atoms with Crippen LogP contribution in [0.3, 0.4) is 0 Å². The molecule has 1 aromatic heterocycles. The molecule has 108 valence electrons. The second kappa shape index (κ2) is 5.32. The van der Waals surface area contributed by atoms with Crippen molar-refractivity contribution in [2.75, 3.05) is 5.75 Å². The smallest absolute Gasteiger partial charge is 0.383 e. The second-order valence-electron chi connectivity index (χ2n) is 4.97. The molecule has 19 heavy (non-hydrogen) atoms. The Hall–Kier alpha value is -0.760. The van der Waals surface area contributed by atoms with Gasteiger partial charge < -0.3 is 9.67 Å². The van der Waals surface area contributed by atoms with Crippen LogP contribution in [0.2, 0.25) is 0 Å². The molecule has 1 aliphatic rings. The molecule has 1 heterocycles. The minimum absolute atomic E-state index is 0.176. The molecule has 0 amide bonds. The summed E-state index contributed by atoms with van der Waals surface area (Å²) in [7, 11) is 0. The van der Waals surface area contributed by atoms with Crippen LogP contribution in [0.25, 0.3) is 0 Å². The summed E-state index contributed by atoms with van der Waals surface area (Å²) in [6.07, 6.45) is -4.90. The van der Waals surface area contributed by atoms with Gasteiger partial charge in [0.05, 0.1) is 0 Å². The molecule has 1 N–H and O–H groups in total. The average molecular weight is 295 g/mol. The molecular weight excluding hydrogens is 279 g/mol. The zero-order valence-electron chi connectivity index (χ0n) is 10.7. The number of hydrogen-bond donors (Lipinski definition) is 1. The van der Waals surface area contributed by atoms with E-state index in [0.717, 1.165) is 30.4 Å². The predicted octanol–water partition coefficient (Wildman–Crippen LogP) is 2.75. The fourth-order valence-corrected chi connectivity index (χ4v) is 2.68. The van der Waals surface area contributed by atoms with Crippen molar-refractivity contribution in [3.05, 3.63) is 5.82 Å². The van der Waals surface area contributed by atoms with Crippen molar-refractivity contribution in [3.63, 3.8) is 0 Å². The predicted molar refractivity (Wildman–Crippen MR) is 65.2 cm³/mol. The van der Waals surface area contributed by atoms with Crippen LogP contribution < -0.4 is 0 Å². The number of halogens is 3. The molecule has 1 fully saturated rings. The van der Waals surface area contributed by atoms with E-state index in [2.05, 4.69) is 10.2 Å². The largest absolute Gasteiger partial charge is 0.415 e. The number of aliphatic hydroxyl groups excluding tert-OH is 1. The van der Waals surface area contributed by atoms with Crippen molar-refractivity contribution < 1.29 is 18.3 Å². The standard InChI is InChI=1S/C11H16F3N3OS/c1-6(2)9-15-16-10(17(9)7-3-4-7)19-5-8(18)11(12,13)14/h6-8,18H,3-5H2,1-2H3. The van der Waals surface area contributed by atoms with E-state index in [1.807, 2.05) is 18.4 Å². The third-order valence-corrected chi connectivity index (χ3v) is 3.89. The van der Waals surface area contributed by atoms with Gasteiger partial charge in [-0.1, -0.05) is 25.6 Å². The van der Waals surface area contributed by atoms with Crippen LogP contribution in [0.1, 0.15) is 44.5 Å². The number of alkyl halides is 3. The van der Waals surface area contributed by atoms with Gasteiger partial charge in [0.25, 0.3) is 0 Å². The maximum atomic E-state index is 12.3. The van der Waals surface area contributed by atoms with Gasteiger partial charge in [-0.25, -0.2) is 0 Å². The molecule has 0 radical (unpaired) electrons. The highest BCUT2D eigenvalue weighted by molar-refractivity contribution is 7.99. The van der Waals surface area contributed by atoms with Crippen LogP contribution >= 0.6 is 11.8 Å². The quantitative estimate of drug-likeness (QED) is 0.849. The van der Waals surface area contributed by atoms with Crippen molar-refractivity contribution in [2.24, 2.45) is 0 Å². The Bertz CT molecular complexity index is 443. The van der Waals surface area contributed by atoms with E-state index in [1.165, 1.54) is 0 Å². The highest BCUT2D eigenvalue weighted by Crippen LogP contribution is 2.40. The topological polar surface area (TPSA) is 50.9 Å². The molecule has 0 bridgehead atoms. The lowest BCUT2D eigenvalue weighted by atomic mass is 10.2. The van der Waals surface area contributed by atoms with Crippen LogP contribution in [0.5, 0.6) is 0 Å². The third-order valence-electron chi connectivity index (χ3n) is 2.87. The molecule has 1 aliphatic carbocycles. The van der Waals surface area contributed by atoms with Gasteiger partial charge in [0.15, 0.2) is 11.3 Å². The summed E-state index contributed by atoms with van der Waals surface area (Å²) in [6.45, 7) is 3.95. The van der Waals surface area contributed by atoms with Crippen molar-refractivity contribution in [3.8, 4) is 0 Å². The molecule has 0 spiro atoms. The Balaban J connectivity index is 2.08. The van der Waals surface area contributed by atoms with Crippen molar-refractivity contribution >= 4 is 11.8 Å². The van der Waals surface area contributed by atoms with E-state index >= 15 is 0 Å². The first kappa shape index (κ1) is 14.6. The molecule has 4 nitrogen and oxygen atoms in total. The van der Waals surface area contributed by atoms with Crippen LogP contribution in [-0.4, -0.2) is 37.9 Å². The molecule has 0 aliphatic heterocycles. The van der Waals surface area contributed by atoms with Gasteiger partial charge in [0.1, 0.15) is 5.82 Å². The van der Waals surface area contributed by atoms with Crippen LogP contribution in [-0.2, 0) is 0 Å². The van der Waals surface area contributed by atoms with Crippen LogP contribution in [0, 0.1) is 0 Å². The van der Waals surface area contributed by atoms with E-state index in [-0.39, 0.29) is 5.92 Å². The minimum atomic E-state index is -4.59. The highest BCUT2D eigenvalue weighted by atomic mass is 32.2. The maximum Gasteiger partial charge on any atom is 0.415 e. The molecule has 0 aromatic carbocycles. The molecule has 1 atom stereocenters. The van der Waals surface area contributed by atoms with E-state index in [1.54, 1.807) is 0 Å². The van der Waals surface area contributed by atoms with Crippen molar-refractivity contribution in [1.82, 2.24) is 14.8 Å². The number of hydrogen-bond acceptors (Lipinski definition) is 4. The highest BCUT2D eigenvalue weighted by Gasteiger charge is 2.39. The molecular formula is C11H16F3N3OS. The number of aromatic nitrogens is 3. The van der Waals surface area contributed by atoms with Gasteiger partial charge in [0, 0.05) is 17.7 Å².